The fraction of sp³-hybridized carbons (Fsp3) is 0.231. The van der Waals surface area contributed by atoms with Crippen LogP contribution in [0.5, 0.6) is 0 Å². The second-order valence-corrected chi connectivity index (χ2v) is 8.30. The van der Waals surface area contributed by atoms with Gasteiger partial charge in [0.25, 0.3) is 11.8 Å². The number of likely N-dealkylation sites (tertiary alicyclic amines) is 1. The predicted molar refractivity (Wildman–Crippen MR) is 127 cm³/mol. The summed E-state index contributed by atoms with van der Waals surface area (Å²) >= 11 is 0. The zero-order valence-electron chi connectivity index (χ0n) is 18.8. The topological polar surface area (TPSA) is 91.4 Å². The first-order valence-electron chi connectivity index (χ1n) is 11.1. The molecule has 1 saturated heterocycles. The van der Waals surface area contributed by atoms with Gasteiger partial charge in [0.15, 0.2) is 0 Å². The van der Waals surface area contributed by atoms with Crippen LogP contribution in [0.2, 0.25) is 0 Å². The number of pyridine rings is 1. The third-order valence-electron chi connectivity index (χ3n) is 5.76. The third kappa shape index (κ3) is 5.46. The molecule has 7 nitrogen and oxygen atoms in total. The Hall–Kier alpha value is -4.07. The minimum absolute atomic E-state index is 0.119. The molecular formula is C26H25FN4O3. The number of benzene rings is 2. The van der Waals surface area contributed by atoms with Crippen molar-refractivity contribution in [3.8, 4) is 0 Å². The van der Waals surface area contributed by atoms with Crippen LogP contribution < -0.4 is 10.6 Å². The van der Waals surface area contributed by atoms with Gasteiger partial charge in [-0.2, -0.15) is 0 Å². The van der Waals surface area contributed by atoms with Gasteiger partial charge in [0.1, 0.15) is 11.5 Å². The van der Waals surface area contributed by atoms with Crippen molar-refractivity contribution in [2.45, 2.75) is 19.8 Å². The maximum absolute atomic E-state index is 14.0. The Labute approximate surface area is 197 Å². The lowest BCUT2D eigenvalue weighted by molar-refractivity contribution is -0.121. The molecule has 2 aromatic carbocycles. The number of carbonyl (C=O) groups excluding carboxylic acids is 3. The zero-order chi connectivity index (χ0) is 24.1. The average molecular weight is 461 g/mol. The zero-order valence-corrected chi connectivity index (χ0v) is 18.8. The fourth-order valence-corrected chi connectivity index (χ4v) is 3.90. The van der Waals surface area contributed by atoms with Crippen LogP contribution in [0, 0.1) is 18.7 Å². The Kier molecular flexibility index (Phi) is 6.96. The largest absolute Gasteiger partial charge is 0.338 e. The Bertz CT molecular complexity index is 1200. The Morgan fingerprint density at radius 2 is 1.79 bits per heavy atom. The van der Waals surface area contributed by atoms with E-state index in [1.807, 2.05) is 19.1 Å². The van der Waals surface area contributed by atoms with Crippen molar-refractivity contribution in [3.05, 3.63) is 89.5 Å². The summed E-state index contributed by atoms with van der Waals surface area (Å²) in [5.74, 6) is -1.93. The van der Waals surface area contributed by atoms with Gasteiger partial charge in [-0.05, 0) is 62.2 Å². The van der Waals surface area contributed by atoms with E-state index in [2.05, 4.69) is 15.6 Å². The number of aromatic nitrogens is 1. The molecule has 1 atom stereocenters. The quantitative estimate of drug-likeness (QED) is 0.595. The lowest BCUT2D eigenvalue weighted by Gasteiger charge is -2.32. The molecule has 0 saturated carbocycles. The molecule has 1 aliphatic heterocycles. The molecule has 34 heavy (non-hydrogen) atoms. The minimum Gasteiger partial charge on any atom is -0.338 e. The Morgan fingerprint density at radius 3 is 2.53 bits per heavy atom. The van der Waals surface area contributed by atoms with Gasteiger partial charge in [0, 0.05) is 24.8 Å². The number of anilines is 2. The monoisotopic (exact) mass is 460 g/mol. The maximum Gasteiger partial charge on any atom is 0.274 e. The van der Waals surface area contributed by atoms with E-state index in [-0.39, 0.29) is 35.4 Å². The molecule has 4 rings (SSSR count). The standard InChI is InChI=1S/C26H25FN4O3/c1-17-7-9-18(10-8-17)26(34)31-14-4-5-19(16-31)24(32)30-23-15-20(27)11-12-21(23)29-25(33)22-6-2-3-13-28-22/h2-3,6-13,15,19H,4-5,14,16H2,1H3,(H,29,33)(H,30,32). The molecule has 0 bridgehead atoms. The Balaban J connectivity index is 1.45. The number of rotatable bonds is 5. The number of piperidine rings is 1. The first-order valence-corrected chi connectivity index (χ1v) is 11.1. The molecule has 3 aromatic rings. The minimum atomic E-state index is -0.550. The summed E-state index contributed by atoms with van der Waals surface area (Å²) in [6.07, 6.45) is 2.78. The molecule has 1 fully saturated rings. The van der Waals surface area contributed by atoms with Gasteiger partial charge < -0.3 is 15.5 Å². The fourth-order valence-electron chi connectivity index (χ4n) is 3.90. The summed E-state index contributed by atoms with van der Waals surface area (Å²) in [6, 6.07) is 16.0. The number of hydrogen-bond donors (Lipinski definition) is 2. The number of nitrogens with zero attached hydrogens (tertiary/aromatic N) is 2. The van der Waals surface area contributed by atoms with E-state index in [4.69, 9.17) is 0 Å². The van der Waals surface area contributed by atoms with Crippen molar-refractivity contribution in [1.29, 1.82) is 0 Å². The summed E-state index contributed by atoms with van der Waals surface area (Å²) in [5, 5.41) is 5.40. The van der Waals surface area contributed by atoms with Crippen molar-refractivity contribution in [2.75, 3.05) is 23.7 Å². The molecule has 0 spiro atoms. The summed E-state index contributed by atoms with van der Waals surface area (Å²) in [5.41, 5.74) is 2.25. The number of carbonyl (C=O) groups is 3. The van der Waals surface area contributed by atoms with Crippen molar-refractivity contribution in [1.82, 2.24) is 9.88 Å². The van der Waals surface area contributed by atoms with Crippen LogP contribution >= 0.6 is 0 Å². The van der Waals surface area contributed by atoms with E-state index in [1.54, 1.807) is 35.2 Å². The number of amides is 3. The van der Waals surface area contributed by atoms with Crippen molar-refractivity contribution >= 4 is 29.1 Å². The molecule has 1 aromatic heterocycles. The van der Waals surface area contributed by atoms with Crippen LogP contribution in [0.3, 0.4) is 0 Å². The summed E-state index contributed by atoms with van der Waals surface area (Å²) < 4.78 is 14.0. The van der Waals surface area contributed by atoms with Crippen LogP contribution in [-0.4, -0.2) is 40.7 Å². The van der Waals surface area contributed by atoms with Crippen LogP contribution in [0.15, 0.2) is 66.9 Å². The first kappa shape index (κ1) is 23.1. The molecule has 2 heterocycles. The third-order valence-corrected chi connectivity index (χ3v) is 5.76. The number of nitrogens with one attached hydrogen (secondary N) is 2. The average Bonchev–Trinajstić information content (AvgIpc) is 2.86. The lowest BCUT2D eigenvalue weighted by Crippen LogP contribution is -2.43. The summed E-state index contributed by atoms with van der Waals surface area (Å²) in [6.45, 7) is 2.79. The lowest BCUT2D eigenvalue weighted by atomic mass is 9.96. The van der Waals surface area contributed by atoms with Gasteiger partial charge in [-0.15, -0.1) is 0 Å². The maximum atomic E-state index is 14.0. The summed E-state index contributed by atoms with van der Waals surface area (Å²) in [7, 11) is 0. The molecular weight excluding hydrogens is 435 g/mol. The highest BCUT2D eigenvalue weighted by molar-refractivity contribution is 6.06. The van der Waals surface area contributed by atoms with Crippen molar-refractivity contribution < 1.29 is 18.8 Å². The van der Waals surface area contributed by atoms with Crippen LogP contribution in [0.25, 0.3) is 0 Å². The van der Waals surface area contributed by atoms with E-state index >= 15 is 0 Å². The highest BCUT2D eigenvalue weighted by Gasteiger charge is 2.29. The van der Waals surface area contributed by atoms with E-state index in [1.165, 1.54) is 18.3 Å². The number of hydrogen-bond acceptors (Lipinski definition) is 4. The van der Waals surface area contributed by atoms with Gasteiger partial charge in [0.2, 0.25) is 5.91 Å². The highest BCUT2D eigenvalue weighted by atomic mass is 19.1. The summed E-state index contributed by atoms with van der Waals surface area (Å²) in [4.78, 5) is 44.1. The van der Waals surface area contributed by atoms with E-state index in [9.17, 15) is 18.8 Å². The van der Waals surface area contributed by atoms with E-state index < -0.39 is 17.6 Å². The number of aryl methyl sites for hydroxylation is 1. The SMILES string of the molecule is Cc1ccc(C(=O)N2CCCC(C(=O)Nc3cc(F)ccc3NC(=O)c3ccccn3)C2)cc1. The van der Waals surface area contributed by atoms with Gasteiger partial charge in [-0.25, -0.2) is 4.39 Å². The van der Waals surface area contributed by atoms with Crippen molar-refractivity contribution in [3.63, 3.8) is 0 Å². The molecule has 1 aliphatic rings. The molecule has 174 valence electrons. The highest BCUT2D eigenvalue weighted by Crippen LogP contribution is 2.26. The molecule has 0 aliphatic carbocycles. The van der Waals surface area contributed by atoms with Gasteiger partial charge in [-0.3, -0.25) is 19.4 Å². The van der Waals surface area contributed by atoms with Crippen LogP contribution in [0.4, 0.5) is 15.8 Å². The molecule has 3 amide bonds. The molecule has 8 heteroatoms. The van der Waals surface area contributed by atoms with Crippen molar-refractivity contribution in [2.24, 2.45) is 5.92 Å². The molecule has 1 unspecified atom stereocenters. The van der Waals surface area contributed by atoms with Crippen LogP contribution in [0.1, 0.15) is 39.3 Å². The predicted octanol–water partition coefficient (Wildman–Crippen LogP) is 4.27. The second kappa shape index (κ2) is 10.2. The van der Waals surface area contributed by atoms with E-state index in [0.29, 0.717) is 24.9 Å². The van der Waals surface area contributed by atoms with Gasteiger partial charge in [-0.1, -0.05) is 23.8 Å². The molecule has 2 N–H and O–H groups in total. The normalized spacial score (nSPS) is 15.5. The van der Waals surface area contributed by atoms with Crippen LogP contribution in [-0.2, 0) is 4.79 Å². The van der Waals surface area contributed by atoms with E-state index in [0.717, 1.165) is 11.6 Å². The Morgan fingerprint density at radius 1 is 1.00 bits per heavy atom. The van der Waals surface area contributed by atoms with Gasteiger partial charge in [0.05, 0.1) is 17.3 Å². The molecule has 0 radical (unpaired) electrons. The first-order chi connectivity index (χ1) is 16.4. The second-order valence-electron chi connectivity index (χ2n) is 8.30. The van der Waals surface area contributed by atoms with Gasteiger partial charge >= 0.3 is 0 Å². The number of halogens is 1. The smallest absolute Gasteiger partial charge is 0.274 e.